The molecule has 2 N–H and O–H groups in total. The van der Waals surface area contributed by atoms with Crippen molar-refractivity contribution in [1.29, 1.82) is 0 Å². The van der Waals surface area contributed by atoms with Gasteiger partial charge in [0.2, 0.25) is 11.8 Å². The molecule has 0 aliphatic heterocycles. The minimum Gasteiger partial charge on any atom is -0.354 e. The topological polar surface area (TPSA) is 76.0 Å². The molecule has 0 radical (unpaired) electrons. The van der Waals surface area contributed by atoms with Crippen molar-refractivity contribution in [2.24, 2.45) is 5.92 Å². The number of hydrogen-bond acceptors (Lipinski definition) is 3. The monoisotopic (exact) mass is 354 g/mol. The predicted octanol–water partition coefficient (Wildman–Crippen LogP) is 2.23. The van der Waals surface area contributed by atoms with Crippen LogP contribution in [0.4, 0.5) is 0 Å². The van der Waals surface area contributed by atoms with Gasteiger partial charge in [0, 0.05) is 25.1 Å². The fourth-order valence-electron chi connectivity index (χ4n) is 3.27. The molecule has 0 saturated heterocycles. The first-order valence-electron chi connectivity index (χ1n) is 9.31. The Kier molecular flexibility index (Phi) is 6.04. The van der Waals surface area contributed by atoms with Gasteiger partial charge in [-0.1, -0.05) is 31.0 Å². The highest BCUT2D eigenvalue weighted by atomic mass is 16.2. The molecule has 1 heterocycles. The average Bonchev–Trinajstić information content (AvgIpc) is 3.34. The zero-order valence-corrected chi connectivity index (χ0v) is 15.1. The molecule has 1 aliphatic carbocycles. The third-order valence-electron chi connectivity index (χ3n) is 4.82. The second-order valence-corrected chi connectivity index (χ2v) is 6.84. The van der Waals surface area contributed by atoms with Crippen LogP contribution in [0.5, 0.6) is 0 Å². The van der Waals surface area contributed by atoms with Crippen LogP contribution in [0.3, 0.4) is 0 Å². The fourth-order valence-corrected chi connectivity index (χ4v) is 3.27. The molecule has 2 aromatic rings. The van der Waals surface area contributed by atoms with E-state index in [0.29, 0.717) is 13.0 Å². The number of rotatable bonds is 7. The summed E-state index contributed by atoms with van der Waals surface area (Å²) in [6.45, 7) is 2.22. The van der Waals surface area contributed by atoms with Crippen molar-refractivity contribution in [2.45, 2.75) is 45.1 Å². The molecule has 0 spiro atoms. The summed E-state index contributed by atoms with van der Waals surface area (Å²) in [5.41, 5.74) is 1.92. The summed E-state index contributed by atoms with van der Waals surface area (Å²) in [6.07, 6.45) is 6.64. The van der Waals surface area contributed by atoms with Gasteiger partial charge >= 0.3 is 0 Å². The molecule has 6 heteroatoms. The SMILES string of the molecule is CC(NC(=O)C1CCCC1)C(=O)NCCc1ccn(-c2ccccc2)n1. The van der Waals surface area contributed by atoms with Crippen LogP contribution < -0.4 is 10.6 Å². The van der Waals surface area contributed by atoms with E-state index in [2.05, 4.69) is 15.7 Å². The molecule has 1 unspecified atom stereocenters. The maximum absolute atomic E-state index is 12.2. The van der Waals surface area contributed by atoms with Crippen LogP contribution in [0.15, 0.2) is 42.6 Å². The molecule has 6 nitrogen and oxygen atoms in total. The highest BCUT2D eigenvalue weighted by Gasteiger charge is 2.25. The van der Waals surface area contributed by atoms with Gasteiger partial charge in [-0.15, -0.1) is 0 Å². The smallest absolute Gasteiger partial charge is 0.242 e. The fraction of sp³-hybridized carbons (Fsp3) is 0.450. The van der Waals surface area contributed by atoms with E-state index in [1.165, 1.54) is 0 Å². The number of nitrogens with zero attached hydrogens (tertiary/aromatic N) is 2. The highest BCUT2D eigenvalue weighted by Crippen LogP contribution is 2.24. The largest absolute Gasteiger partial charge is 0.354 e. The first-order chi connectivity index (χ1) is 12.6. The van der Waals surface area contributed by atoms with E-state index in [0.717, 1.165) is 37.1 Å². The number of hydrogen-bond donors (Lipinski definition) is 2. The van der Waals surface area contributed by atoms with Crippen molar-refractivity contribution in [2.75, 3.05) is 6.54 Å². The molecule has 1 aromatic heterocycles. The lowest BCUT2D eigenvalue weighted by atomic mass is 10.1. The molecule has 138 valence electrons. The second-order valence-electron chi connectivity index (χ2n) is 6.84. The first kappa shape index (κ1) is 18.2. The lowest BCUT2D eigenvalue weighted by molar-refractivity contribution is -0.130. The Morgan fingerprint density at radius 2 is 1.92 bits per heavy atom. The average molecular weight is 354 g/mol. The van der Waals surface area contributed by atoms with Crippen LogP contribution in [0.25, 0.3) is 5.69 Å². The maximum Gasteiger partial charge on any atom is 0.242 e. The van der Waals surface area contributed by atoms with Gasteiger partial charge in [-0.05, 0) is 38.0 Å². The summed E-state index contributed by atoms with van der Waals surface area (Å²) in [5.74, 6) is -0.0715. The van der Waals surface area contributed by atoms with Crippen molar-refractivity contribution in [3.63, 3.8) is 0 Å². The van der Waals surface area contributed by atoms with Crippen molar-refractivity contribution in [1.82, 2.24) is 20.4 Å². The van der Waals surface area contributed by atoms with E-state index < -0.39 is 6.04 Å². The molecule has 3 rings (SSSR count). The van der Waals surface area contributed by atoms with E-state index in [4.69, 9.17) is 0 Å². The third-order valence-corrected chi connectivity index (χ3v) is 4.82. The van der Waals surface area contributed by atoms with Gasteiger partial charge in [-0.25, -0.2) is 4.68 Å². The molecule has 1 atom stereocenters. The van der Waals surface area contributed by atoms with Gasteiger partial charge in [0.25, 0.3) is 0 Å². The van der Waals surface area contributed by atoms with Gasteiger partial charge in [0.15, 0.2) is 0 Å². The number of carbonyl (C=O) groups is 2. The molecule has 0 bridgehead atoms. The Balaban J connectivity index is 1.42. The minimum absolute atomic E-state index is 0.00625. The Morgan fingerprint density at radius 3 is 2.65 bits per heavy atom. The second kappa shape index (κ2) is 8.65. The maximum atomic E-state index is 12.2. The van der Waals surface area contributed by atoms with Gasteiger partial charge in [-0.2, -0.15) is 5.10 Å². The molecule has 1 aliphatic rings. The van der Waals surface area contributed by atoms with Crippen LogP contribution in [0.2, 0.25) is 0 Å². The van der Waals surface area contributed by atoms with E-state index in [1.807, 2.05) is 47.3 Å². The van der Waals surface area contributed by atoms with Crippen LogP contribution in [-0.2, 0) is 16.0 Å². The third kappa shape index (κ3) is 4.71. The molecule has 26 heavy (non-hydrogen) atoms. The Labute approximate surface area is 154 Å². The van der Waals surface area contributed by atoms with Gasteiger partial charge in [0.05, 0.1) is 11.4 Å². The summed E-state index contributed by atoms with van der Waals surface area (Å²) < 4.78 is 1.82. The van der Waals surface area contributed by atoms with Gasteiger partial charge in [0.1, 0.15) is 6.04 Å². The number of nitrogens with one attached hydrogen (secondary N) is 2. The molecule has 1 aromatic carbocycles. The molecular weight excluding hydrogens is 328 g/mol. The minimum atomic E-state index is -0.509. The quantitative estimate of drug-likeness (QED) is 0.800. The summed E-state index contributed by atoms with van der Waals surface area (Å²) >= 11 is 0. The van der Waals surface area contributed by atoms with E-state index in [1.54, 1.807) is 6.92 Å². The van der Waals surface area contributed by atoms with Gasteiger partial charge < -0.3 is 10.6 Å². The molecular formula is C20H26N4O2. The number of benzene rings is 1. The standard InChI is InChI=1S/C20H26N4O2/c1-15(22-20(26)16-7-5-6-8-16)19(25)21-13-11-17-12-14-24(23-17)18-9-3-2-4-10-18/h2-4,9-10,12,14-16H,5-8,11,13H2,1H3,(H,21,25)(H,22,26). The van der Waals surface area contributed by atoms with Crippen LogP contribution in [0.1, 0.15) is 38.3 Å². The Hall–Kier alpha value is -2.63. The van der Waals surface area contributed by atoms with E-state index >= 15 is 0 Å². The number of para-hydroxylation sites is 1. The van der Waals surface area contributed by atoms with Crippen LogP contribution in [0, 0.1) is 5.92 Å². The molecule has 1 fully saturated rings. The normalized spacial score (nSPS) is 15.6. The van der Waals surface area contributed by atoms with Crippen molar-refractivity contribution >= 4 is 11.8 Å². The summed E-state index contributed by atoms with van der Waals surface area (Å²) in [7, 11) is 0. The Bertz CT molecular complexity index is 735. The van der Waals surface area contributed by atoms with Gasteiger partial charge in [-0.3, -0.25) is 9.59 Å². The number of aromatic nitrogens is 2. The number of amides is 2. The first-order valence-corrected chi connectivity index (χ1v) is 9.31. The van der Waals surface area contributed by atoms with Crippen molar-refractivity contribution in [3.05, 3.63) is 48.3 Å². The summed E-state index contributed by atoms with van der Waals surface area (Å²) in [6, 6.07) is 11.3. The molecule has 1 saturated carbocycles. The summed E-state index contributed by atoms with van der Waals surface area (Å²) in [4.78, 5) is 24.2. The highest BCUT2D eigenvalue weighted by molar-refractivity contribution is 5.88. The summed E-state index contributed by atoms with van der Waals surface area (Å²) in [5, 5.41) is 10.2. The van der Waals surface area contributed by atoms with E-state index in [9.17, 15) is 9.59 Å². The molecule has 2 amide bonds. The van der Waals surface area contributed by atoms with Crippen molar-refractivity contribution in [3.8, 4) is 5.69 Å². The predicted molar refractivity (Wildman–Crippen MR) is 99.8 cm³/mol. The van der Waals surface area contributed by atoms with Crippen molar-refractivity contribution < 1.29 is 9.59 Å². The lowest BCUT2D eigenvalue weighted by Gasteiger charge is -2.16. The van der Waals surface area contributed by atoms with E-state index in [-0.39, 0.29) is 17.7 Å². The number of carbonyl (C=O) groups excluding carboxylic acids is 2. The zero-order chi connectivity index (χ0) is 18.4. The van der Waals surface area contributed by atoms with Crippen LogP contribution >= 0.6 is 0 Å². The zero-order valence-electron chi connectivity index (χ0n) is 15.1. The van der Waals surface area contributed by atoms with Crippen LogP contribution in [-0.4, -0.2) is 34.2 Å². The Morgan fingerprint density at radius 1 is 1.19 bits per heavy atom. The lowest BCUT2D eigenvalue weighted by Crippen LogP contribution is -2.46.